The third-order valence-electron chi connectivity index (χ3n) is 4.97. The SMILES string of the molecule is Cc1cc(C)n(-c2ccc(Oc3ccc(NS(=O)(=O)c4ccc(C)c(C)c4)cc3)nn2)n1. The zero-order valence-corrected chi connectivity index (χ0v) is 19.0. The van der Waals surface area contributed by atoms with Gasteiger partial charge < -0.3 is 4.74 Å². The number of ether oxygens (including phenoxy) is 1. The molecule has 1 N–H and O–H groups in total. The second-order valence-electron chi connectivity index (χ2n) is 7.55. The number of sulfonamides is 1. The van der Waals surface area contributed by atoms with Crippen LogP contribution >= 0.6 is 0 Å². The highest BCUT2D eigenvalue weighted by Gasteiger charge is 2.15. The lowest BCUT2D eigenvalue weighted by Crippen LogP contribution is -2.13. The van der Waals surface area contributed by atoms with Crippen LogP contribution in [0.3, 0.4) is 0 Å². The Labute approximate surface area is 187 Å². The van der Waals surface area contributed by atoms with Gasteiger partial charge in [-0.25, -0.2) is 13.1 Å². The Hall–Kier alpha value is -3.72. The fourth-order valence-corrected chi connectivity index (χ4v) is 4.29. The Morgan fingerprint density at radius 2 is 1.59 bits per heavy atom. The zero-order valence-electron chi connectivity index (χ0n) is 18.2. The van der Waals surface area contributed by atoms with E-state index in [4.69, 9.17) is 4.74 Å². The van der Waals surface area contributed by atoms with Crippen molar-refractivity contribution in [3.63, 3.8) is 0 Å². The van der Waals surface area contributed by atoms with Gasteiger partial charge in [-0.15, -0.1) is 10.2 Å². The van der Waals surface area contributed by atoms with E-state index in [1.807, 2.05) is 33.8 Å². The zero-order chi connectivity index (χ0) is 22.9. The second-order valence-corrected chi connectivity index (χ2v) is 9.23. The Bertz CT molecular complexity index is 1360. The molecule has 0 unspecified atom stereocenters. The summed E-state index contributed by atoms with van der Waals surface area (Å²) in [5, 5.41) is 12.6. The van der Waals surface area contributed by atoms with E-state index in [0.717, 1.165) is 22.5 Å². The van der Waals surface area contributed by atoms with E-state index in [2.05, 4.69) is 20.0 Å². The van der Waals surface area contributed by atoms with Crippen LogP contribution in [0.2, 0.25) is 0 Å². The van der Waals surface area contributed by atoms with Crippen molar-refractivity contribution in [2.75, 3.05) is 4.72 Å². The molecule has 9 heteroatoms. The molecule has 0 spiro atoms. The normalized spacial score (nSPS) is 11.4. The molecule has 4 rings (SSSR count). The van der Waals surface area contributed by atoms with Crippen LogP contribution in [0.4, 0.5) is 5.69 Å². The maximum absolute atomic E-state index is 12.6. The Morgan fingerprint density at radius 3 is 2.19 bits per heavy atom. The standard InChI is InChI=1S/C23H23N5O3S/c1-15-5-10-21(13-16(15)2)32(29,30)27-19-6-8-20(9-7-19)31-23-12-11-22(24-25-23)28-18(4)14-17(3)26-28/h5-14,27H,1-4H3. The first-order chi connectivity index (χ1) is 15.2. The second kappa shape index (κ2) is 8.43. The van der Waals surface area contributed by atoms with E-state index < -0.39 is 10.0 Å². The first kappa shape index (κ1) is 21.5. The molecule has 0 aliphatic heterocycles. The van der Waals surface area contributed by atoms with Crippen molar-refractivity contribution in [2.45, 2.75) is 32.6 Å². The van der Waals surface area contributed by atoms with Gasteiger partial charge in [-0.3, -0.25) is 4.72 Å². The molecule has 2 aromatic carbocycles. The quantitative estimate of drug-likeness (QED) is 0.466. The number of aryl methyl sites for hydroxylation is 4. The van der Waals surface area contributed by atoms with Gasteiger partial charge in [-0.2, -0.15) is 5.10 Å². The summed E-state index contributed by atoms with van der Waals surface area (Å²) >= 11 is 0. The maximum Gasteiger partial charge on any atom is 0.261 e. The lowest BCUT2D eigenvalue weighted by atomic mass is 10.1. The highest BCUT2D eigenvalue weighted by Crippen LogP contribution is 2.24. The number of benzene rings is 2. The Kier molecular flexibility index (Phi) is 5.67. The molecule has 0 bridgehead atoms. The van der Waals surface area contributed by atoms with Gasteiger partial charge in [-0.1, -0.05) is 6.07 Å². The average Bonchev–Trinajstić information content (AvgIpc) is 3.09. The number of aromatic nitrogens is 4. The molecule has 0 amide bonds. The van der Waals surface area contributed by atoms with Crippen LogP contribution in [0.25, 0.3) is 5.82 Å². The number of nitrogens with zero attached hydrogens (tertiary/aromatic N) is 4. The Balaban J connectivity index is 1.44. The molecule has 4 aromatic rings. The van der Waals surface area contributed by atoms with E-state index in [1.54, 1.807) is 59.3 Å². The minimum absolute atomic E-state index is 0.221. The van der Waals surface area contributed by atoms with Gasteiger partial charge >= 0.3 is 0 Å². The van der Waals surface area contributed by atoms with E-state index in [-0.39, 0.29) is 4.90 Å². The number of hydrogen-bond donors (Lipinski definition) is 1. The van der Waals surface area contributed by atoms with Crippen molar-refractivity contribution in [2.24, 2.45) is 0 Å². The van der Waals surface area contributed by atoms with E-state index in [0.29, 0.717) is 23.1 Å². The van der Waals surface area contributed by atoms with Crippen molar-refractivity contribution in [3.05, 3.63) is 83.2 Å². The van der Waals surface area contributed by atoms with Gasteiger partial charge in [0.25, 0.3) is 10.0 Å². The van der Waals surface area contributed by atoms with Crippen molar-refractivity contribution < 1.29 is 13.2 Å². The summed E-state index contributed by atoms with van der Waals surface area (Å²) in [7, 11) is -3.68. The molecule has 2 aromatic heterocycles. The van der Waals surface area contributed by atoms with Crippen LogP contribution in [0.1, 0.15) is 22.5 Å². The first-order valence-corrected chi connectivity index (χ1v) is 11.4. The van der Waals surface area contributed by atoms with E-state index in [9.17, 15) is 8.42 Å². The Morgan fingerprint density at radius 1 is 0.844 bits per heavy atom. The number of nitrogens with one attached hydrogen (secondary N) is 1. The maximum atomic E-state index is 12.6. The average molecular weight is 450 g/mol. The minimum Gasteiger partial charge on any atom is -0.438 e. The van der Waals surface area contributed by atoms with Gasteiger partial charge in [0, 0.05) is 17.4 Å². The molecule has 0 atom stereocenters. The summed E-state index contributed by atoms with van der Waals surface area (Å²) in [6, 6.07) is 17.1. The fraction of sp³-hybridized carbons (Fsp3) is 0.174. The predicted octanol–water partition coefficient (Wildman–Crippen LogP) is 4.49. The topological polar surface area (TPSA) is 99.0 Å². The van der Waals surface area contributed by atoms with Gasteiger partial charge in [0.05, 0.1) is 10.6 Å². The molecule has 32 heavy (non-hydrogen) atoms. The largest absolute Gasteiger partial charge is 0.438 e. The summed E-state index contributed by atoms with van der Waals surface area (Å²) in [4.78, 5) is 0.221. The van der Waals surface area contributed by atoms with Gasteiger partial charge in [0.1, 0.15) is 5.75 Å². The molecule has 8 nitrogen and oxygen atoms in total. The van der Waals surface area contributed by atoms with Crippen LogP contribution in [-0.2, 0) is 10.0 Å². The van der Waals surface area contributed by atoms with Crippen LogP contribution in [0.15, 0.2) is 65.6 Å². The van der Waals surface area contributed by atoms with Crippen molar-refractivity contribution >= 4 is 15.7 Å². The van der Waals surface area contributed by atoms with Gasteiger partial charge in [-0.05, 0) is 87.4 Å². The molecule has 0 aliphatic rings. The first-order valence-electron chi connectivity index (χ1n) is 9.97. The molecule has 164 valence electrons. The minimum atomic E-state index is -3.68. The molecule has 0 saturated carbocycles. The highest BCUT2D eigenvalue weighted by molar-refractivity contribution is 7.92. The fourth-order valence-electron chi connectivity index (χ4n) is 3.15. The third kappa shape index (κ3) is 4.62. The van der Waals surface area contributed by atoms with Crippen LogP contribution < -0.4 is 9.46 Å². The molecule has 0 radical (unpaired) electrons. The van der Waals surface area contributed by atoms with Crippen LogP contribution in [0.5, 0.6) is 11.6 Å². The highest BCUT2D eigenvalue weighted by atomic mass is 32.2. The van der Waals surface area contributed by atoms with Gasteiger partial charge in [0.2, 0.25) is 5.88 Å². The number of hydrogen-bond acceptors (Lipinski definition) is 6. The van der Waals surface area contributed by atoms with Crippen LogP contribution in [0, 0.1) is 27.7 Å². The number of anilines is 1. The summed E-state index contributed by atoms with van der Waals surface area (Å²) in [5.41, 5.74) is 4.25. The van der Waals surface area contributed by atoms with Crippen LogP contribution in [-0.4, -0.2) is 28.4 Å². The summed E-state index contributed by atoms with van der Waals surface area (Å²) in [5.74, 6) is 1.42. The van der Waals surface area contributed by atoms with Crippen molar-refractivity contribution in [1.29, 1.82) is 0 Å². The summed E-state index contributed by atoms with van der Waals surface area (Å²) in [6.45, 7) is 7.68. The molecule has 2 heterocycles. The molecular formula is C23H23N5O3S. The number of rotatable bonds is 6. The lowest BCUT2D eigenvalue weighted by molar-refractivity contribution is 0.454. The smallest absolute Gasteiger partial charge is 0.261 e. The molecular weight excluding hydrogens is 426 g/mol. The lowest BCUT2D eigenvalue weighted by Gasteiger charge is -2.11. The monoisotopic (exact) mass is 449 g/mol. The van der Waals surface area contributed by atoms with E-state index >= 15 is 0 Å². The summed E-state index contributed by atoms with van der Waals surface area (Å²) < 4.78 is 35.3. The van der Waals surface area contributed by atoms with Crippen molar-refractivity contribution in [3.8, 4) is 17.4 Å². The summed E-state index contributed by atoms with van der Waals surface area (Å²) in [6.07, 6.45) is 0. The molecule has 0 saturated heterocycles. The molecule has 0 aliphatic carbocycles. The predicted molar refractivity (Wildman–Crippen MR) is 122 cm³/mol. The van der Waals surface area contributed by atoms with E-state index in [1.165, 1.54) is 0 Å². The van der Waals surface area contributed by atoms with Crippen molar-refractivity contribution in [1.82, 2.24) is 20.0 Å². The molecule has 0 fully saturated rings. The third-order valence-corrected chi connectivity index (χ3v) is 6.35. The van der Waals surface area contributed by atoms with Gasteiger partial charge in [0.15, 0.2) is 5.82 Å².